The molecular formula is C27H23FO4S3. The van der Waals surface area contributed by atoms with Gasteiger partial charge in [-0.2, -0.15) is 0 Å². The van der Waals surface area contributed by atoms with E-state index in [0.717, 1.165) is 16.5 Å². The van der Waals surface area contributed by atoms with Crippen molar-refractivity contribution in [1.82, 2.24) is 0 Å². The smallest absolute Gasteiger partial charge is 0.219 e. The van der Waals surface area contributed by atoms with Crippen LogP contribution in [0, 0.1) is 0 Å². The summed E-state index contributed by atoms with van der Waals surface area (Å²) in [5.41, 5.74) is 1.12. The van der Waals surface area contributed by atoms with Crippen molar-refractivity contribution in [1.29, 1.82) is 0 Å². The molecule has 0 fully saturated rings. The molecule has 0 aliphatic carbocycles. The first-order valence-electron chi connectivity index (χ1n) is 10.7. The molecule has 180 valence electrons. The van der Waals surface area contributed by atoms with Gasteiger partial charge in [-0.25, -0.2) is 21.2 Å². The normalized spacial score (nSPS) is 13.3. The van der Waals surface area contributed by atoms with E-state index in [1.165, 1.54) is 48.5 Å². The van der Waals surface area contributed by atoms with Gasteiger partial charge >= 0.3 is 4.33 Å². The summed E-state index contributed by atoms with van der Waals surface area (Å²) in [6, 6.07) is 24.1. The minimum Gasteiger partial charge on any atom is -0.219 e. The third-order valence-electron chi connectivity index (χ3n) is 5.74. The Kier molecular flexibility index (Phi) is 7.07. The lowest BCUT2D eigenvalue weighted by Crippen LogP contribution is -2.47. The number of thiophene rings is 1. The van der Waals surface area contributed by atoms with Gasteiger partial charge in [0.15, 0.2) is 0 Å². The minimum atomic E-state index is -5.04. The first-order chi connectivity index (χ1) is 16.7. The Bertz CT molecular complexity index is 1430. The van der Waals surface area contributed by atoms with Crippen LogP contribution in [0.25, 0.3) is 0 Å². The van der Waals surface area contributed by atoms with Crippen molar-refractivity contribution >= 4 is 31.0 Å². The third-order valence-corrected chi connectivity index (χ3v) is 11.7. The number of allylic oxidation sites excluding steroid dienone is 1. The first kappa shape index (κ1) is 25.0. The van der Waals surface area contributed by atoms with Crippen LogP contribution in [-0.4, -0.2) is 21.2 Å². The summed E-state index contributed by atoms with van der Waals surface area (Å²) in [6.45, 7) is 3.63. The number of rotatable bonds is 9. The molecule has 3 aromatic carbocycles. The molecule has 0 N–H and O–H groups in total. The van der Waals surface area contributed by atoms with Gasteiger partial charge in [0.05, 0.1) is 15.7 Å². The van der Waals surface area contributed by atoms with Crippen LogP contribution >= 0.6 is 11.3 Å². The molecule has 0 amide bonds. The Labute approximate surface area is 209 Å². The Morgan fingerprint density at radius 2 is 1.29 bits per heavy atom. The SMILES string of the molecule is C=C[C@@H](c1ccc(Cc2cccs2)cc1)C(F)(S(=O)(=O)c1ccccc1)S(=O)(=O)c1ccccc1. The molecule has 0 aliphatic heterocycles. The maximum atomic E-state index is 17.2. The van der Waals surface area contributed by atoms with Crippen LogP contribution in [0.5, 0.6) is 0 Å². The van der Waals surface area contributed by atoms with Crippen molar-refractivity contribution in [3.8, 4) is 0 Å². The molecule has 4 aromatic rings. The van der Waals surface area contributed by atoms with Crippen LogP contribution in [0.4, 0.5) is 4.39 Å². The number of sulfone groups is 2. The number of hydrogen-bond acceptors (Lipinski definition) is 5. The highest BCUT2D eigenvalue weighted by atomic mass is 32.3. The minimum absolute atomic E-state index is 0.191. The average molecular weight is 527 g/mol. The maximum Gasteiger partial charge on any atom is 0.327 e. The van der Waals surface area contributed by atoms with E-state index in [0.29, 0.717) is 6.42 Å². The lowest BCUT2D eigenvalue weighted by atomic mass is 9.98. The van der Waals surface area contributed by atoms with Crippen LogP contribution < -0.4 is 0 Å². The maximum absolute atomic E-state index is 17.2. The number of hydrogen-bond donors (Lipinski definition) is 0. The molecule has 0 saturated carbocycles. The molecule has 1 aromatic heterocycles. The van der Waals surface area contributed by atoms with Crippen molar-refractivity contribution in [3.63, 3.8) is 0 Å². The Morgan fingerprint density at radius 3 is 1.71 bits per heavy atom. The van der Waals surface area contributed by atoms with Gasteiger partial charge < -0.3 is 0 Å². The van der Waals surface area contributed by atoms with E-state index in [4.69, 9.17) is 0 Å². The predicted octanol–water partition coefficient (Wildman–Crippen LogP) is 6.18. The topological polar surface area (TPSA) is 68.3 Å². The number of benzene rings is 3. The van der Waals surface area contributed by atoms with Gasteiger partial charge in [0, 0.05) is 11.3 Å². The van der Waals surface area contributed by atoms with E-state index in [9.17, 15) is 16.8 Å². The summed E-state index contributed by atoms with van der Waals surface area (Å²) >= 11 is 1.60. The summed E-state index contributed by atoms with van der Waals surface area (Å²) in [7, 11) is -10.1. The van der Waals surface area contributed by atoms with E-state index in [1.54, 1.807) is 47.7 Å². The molecule has 1 atom stereocenters. The second-order valence-electron chi connectivity index (χ2n) is 7.93. The van der Waals surface area contributed by atoms with Crippen LogP contribution in [0.15, 0.2) is 125 Å². The fraction of sp³-hybridized carbons (Fsp3) is 0.111. The summed E-state index contributed by atoms with van der Waals surface area (Å²) in [5.74, 6) is -1.69. The van der Waals surface area contributed by atoms with Crippen molar-refractivity contribution in [3.05, 3.63) is 131 Å². The molecule has 0 aliphatic rings. The summed E-state index contributed by atoms with van der Waals surface area (Å²) in [6.07, 6.45) is 1.71. The van der Waals surface area contributed by atoms with Crippen molar-refractivity contribution in [2.45, 2.75) is 26.5 Å². The Balaban J connectivity index is 1.88. The van der Waals surface area contributed by atoms with Gasteiger partial charge in [-0.1, -0.05) is 72.8 Å². The lowest BCUT2D eigenvalue weighted by molar-refractivity contribution is 0.331. The van der Waals surface area contributed by atoms with Crippen LogP contribution in [0.3, 0.4) is 0 Å². The molecular weight excluding hydrogens is 503 g/mol. The van der Waals surface area contributed by atoms with Gasteiger partial charge in [-0.3, -0.25) is 0 Å². The van der Waals surface area contributed by atoms with Gasteiger partial charge in [-0.05, 0) is 46.8 Å². The molecule has 4 rings (SSSR count). The van der Waals surface area contributed by atoms with E-state index < -0.39 is 39.7 Å². The Morgan fingerprint density at radius 1 is 0.771 bits per heavy atom. The highest BCUT2D eigenvalue weighted by Gasteiger charge is 2.62. The largest absolute Gasteiger partial charge is 0.327 e. The fourth-order valence-corrected chi connectivity index (χ4v) is 9.21. The van der Waals surface area contributed by atoms with Gasteiger partial charge in [0.25, 0.3) is 0 Å². The van der Waals surface area contributed by atoms with E-state index >= 15 is 4.39 Å². The summed E-state index contributed by atoms with van der Waals surface area (Å²) in [4.78, 5) is 0.280. The molecule has 35 heavy (non-hydrogen) atoms. The zero-order chi connectivity index (χ0) is 25.1. The van der Waals surface area contributed by atoms with Crippen molar-refractivity contribution in [2.24, 2.45) is 0 Å². The molecule has 0 saturated heterocycles. The third kappa shape index (κ3) is 4.49. The van der Waals surface area contributed by atoms with Crippen LogP contribution in [0.1, 0.15) is 21.9 Å². The second-order valence-corrected chi connectivity index (χ2v) is 13.4. The quantitative estimate of drug-likeness (QED) is 0.244. The fourth-order valence-electron chi connectivity index (χ4n) is 3.93. The molecule has 0 unspecified atom stereocenters. The number of halogens is 1. The van der Waals surface area contributed by atoms with Crippen LogP contribution in [-0.2, 0) is 26.1 Å². The lowest BCUT2D eigenvalue weighted by Gasteiger charge is -2.31. The first-order valence-corrected chi connectivity index (χ1v) is 14.6. The second kappa shape index (κ2) is 9.89. The standard InChI is InChI=1S/C27H23FO4S3/c1-2-26(22-17-15-21(16-18-22)20-23-10-9-19-33-23)27(28,34(29,30)24-11-5-3-6-12-24)35(31,32)25-13-7-4-8-14-25/h2-19,26H,1,20H2/t26-/m0/s1. The van der Waals surface area contributed by atoms with Crippen molar-refractivity contribution in [2.75, 3.05) is 0 Å². The summed E-state index contributed by atoms with van der Waals surface area (Å²) in [5, 5.41) is 1.97. The van der Waals surface area contributed by atoms with Crippen molar-refractivity contribution < 1.29 is 21.2 Å². The molecule has 0 bridgehead atoms. The Hall–Kier alpha value is -3.07. The molecule has 8 heteroatoms. The molecule has 4 nitrogen and oxygen atoms in total. The van der Waals surface area contributed by atoms with E-state index in [1.807, 2.05) is 17.5 Å². The molecule has 0 spiro atoms. The molecule has 1 heterocycles. The van der Waals surface area contributed by atoms with E-state index in [-0.39, 0.29) is 5.56 Å². The zero-order valence-corrected chi connectivity index (χ0v) is 21.1. The van der Waals surface area contributed by atoms with Gasteiger partial charge in [-0.15, -0.1) is 17.9 Å². The highest BCUT2D eigenvalue weighted by molar-refractivity contribution is 8.10. The summed E-state index contributed by atoms with van der Waals surface area (Å²) < 4.78 is 68.4. The predicted molar refractivity (Wildman–Crippen MR) is 138 cm³/mol. The van der Waals surface area contributed by atoms with E-state index in [2.05, 4.69) is 6.58 Å². The van der Waals surface area contributed by atoms with Gasteiger partial charge in [0.2, 0.25) is 19.7 Å². The van der Waals surface area contributed by atoms with Gasteiger partial charge in [0.1, 0.15) is 0 Å². The zero-order valence-electron chi connectivity index (χ0n) is 18.6. The number of alkyl halides is 1. The molecule has 0 radical (unpaired) electrons. The monoisotopic (exact) mass is 526 g/mol. The average Bonchev–Trinajstić information content (AvgIpc) is 3.39. The highest BCUT2D eigenvalue weighted by Crippen LogP contribution is 2.47. The van der Waals surface area contributed by atoms with Crippen LogP contribution in [0.2, 0.25) is 0 Å².